The van der Waals surface area contributed by atoms with Gasteiger partial charge >= 0.3 is 0 Å². The molecule has 0 unspecified atom stereocenters. The molecule has 3 atom stereocenters. The first-order valence-electron chi connectivity index (χ1n) is 9.15. The van der Waals surface area contributed by atoms with E-state index in [1.807, 2.05) is 0 Å². The highest BCUT2D eigenvalue weighted by atomic mass is 16.5. The molecule has 2 aliphatic carbocycles. The summed E-state index contributed by atoms with van der Waals surface area (Å²) in [6.45, 7) is 0.609. The molecule has 1 saturated carbocycles. The normalized spacial score (nSPS) is 23.0. The van der Waals surface area contributed by atoms with Gasteiger partial charge in [0.05, 0.1) is 31.4 Å². The molecule has 27 heavy (non-hydrogen) atoms. The largest absolute Gasteiger partial charge is 0.493 e. The molecule has 1 N–H and O–H groups in total. The van der Waals surface area contributed by atoms with Crippen LogP contribution in [-0.4, -0.2) is 36.2 Å². The molecule has 0 spiro atoms. The van der Waals surface area contributed by atoms with Gasteiger partial charge < -0.3 is 14.8 Å². The maximum atomic E-state index is 12.7. The van der Waals surface area contributed by atoms with E-state index in [-0.39, 0.29) is 18.0 Å². The molecule has 0 aliphatic heterocycles. The fraction of sp³-hybridized carbons (Fsp3) is 0.450. The number of ether oxygens (including phenoxy) is 2. The van der Waals surface area contributed by atoms with Crippen molar-refractivity contribution in [2.75, 3.05) is 20.8 Å². The summed E-state index contributed by atoms with van der Waals surface area (Å²) in [7, 11) is 3.04. The number of hydrogen-bond acceptors (Lipinski definition) is 5. The Morgan fingerprint density at radius 2 is 2.00 bits per heavy atom. The molecule has 1 fully saturated rings. The average molecular weight is 369 g/mol. The third kappa shape index (κ3) is 3.29. The van der Waals surface area contributed by atoms with E-state index >= 15 is 0 Å². The van der Waals surface area contributed by atoms with Crippen LogP contribution in [0.25, 0.3) is 10.9 Å². The Bertz CT molecular complexity index is 966. The number of nitrogens with zero attached hydrogens (tertiary/aromatic N) is 2. The minimum absolute atomic E-state index is 0.0488. The van der Waals surface area contributed by atoms with Gasteiger partial charge in [-0.2, -0.15) is 0 Å². The number of hydrogen-bond donors (Lipinski definition) is 1. The molecule has 1 heterocycles. The predicted octanol–water partition coefficient (Wildman–Crippen LogP) is 1.74. The first-order valence-corrected chi connectivity index (χ1v) is 9.15. The fourth-order valence-electron chi connectivity index (χ4n) is 4.18. The molecule has 2 aromatic rings. The van der Waals surface area contributed by atoms with Crippen molar-refractivity contribution in [3.8, 4) is 11.5 Å². The van der Waals surface area contributed by atoms with Gasteiger partial charge in [-0.25, -0.2) is 4.98 Å². The minimum atomic E-state index is -0.279. The molecule has 4 rings (SSSR count). The van der Waals surface area contributed by atoms with E-state index in [1.165, 1.54) is 31.5 Å². The lowest BCUT2D eigenvalue weighted by Gasteiger charge is -2.18. The zero-order chi connectivity index (χ0) is 19.0. The summed E-state index contributed by atoms with van der Waals surface area (Å²) in [6, 6.07) is 3.25. The summed E-state index contributed by atoms with van der Waals surface area (Å²) in [6.07, 6.45) is 8.30. The second kappa shape index (κ2) is 7.06. The second-order valence-corrected chi connectivity index (χ2v) is 7.25. The standard InChI is InChI=1S/C20H23N3O4/c1-26-17-7-15-16(8-18(17)27-2)22-11-23(20(15)25)10-19(24)21-9-14-6-12-3-4-13(14)5-12/h3-4,7-8,11-14H,5-6,9-10H2,1-2H3,(H,21,24)/t12-,13+,14+/m1/s1. The van der Waals surface area contributed by atoms with Crippen LogP contribution >= 0.6 is 0 Å². The SMILES string of the molecule is COc1cc2ncn(CC(=O)NC[C@@H]3C[C@@H]4C=C[C@H]3C4)c(=O)c2cc1OC. The van der Waals surface area contributed by atoms with Crippen molar-refractivity contribution in [2.24, 2.45) is 17.8 Å². The molecule has 7 heteroatoms. The van der Waals surface area contributed by atoms with Crippen molar-refractivity contribution >= 4 is 16.8 Å². The van der Waals surface area contributed by atoms with E-state index in [0.29, 0.717) is 46.7 Å². The maximum Gasteiger partial charge on any atom is 0.261 e. The number of carbonyl (C=O) groups excluding carboxylic acids is 1. The van der Waals surface area contributed by atoms with Crippen molar-refractivity contribution in [1.29, 1.82) is 0 Å². The first kappa shape index (κ1) is 17.6. The van der Waals surface area contributed by atoms with Crippen LogP contribution in [0.15, 0.2) is 35.4 Å². The van der Waals surface area contributed by atoms with Crippen LogP contribution in [0.3, 0.4) is 0 Å². The molecule has 142 valence electrons. The van der Waals surface area contributed by atoms with E-state index in [9.17, 15) is 9.59 Å². The molecular formula is C20H23N3O4. The van der Waals surface area contributed by atoms with Crippen LogP contribution in [-0.2, 0) is 11.3 Å². The van der Waals surface area contributed by atoms with Crippen LogP contribution < -0.4 is 20.3 Å². The predicted molar refractivity (Wildman–Crippen MR) is 101 cm³/mol. The van der Waals surface area contributed by atoms with Crippen LogP contribution in [0, 0.1) is 17.8 Å². The van der Waals surface area contributed by atoms with E-state index in [4.69, 9.17) is 9.47 Å². The topological polar surface area (TPSA) is 82.5 Å². The average Bonchev–Trinajstić information content (AvgIpc) is 3.31. The highest BCUT2D eigenvalue weighted by molar-refractivity contribution is 5.82. The minimum Gasteiger partial charge on any atom is -0.493 e. The number of aromatic nitrogens is 2. The Morgan fingerprint density at radius 1 is 1.22 bits per heavy atom. The Kier molecular flexibility index (Phi) is 4.59. The summed E-state index contributed by atoms with van der Waals surface area (Å²) in [5.41, 5.74) is 0.224. The van der Waals surface area contributed by atoms with Crippen LogP contribution in [0.2, 0.25) is 0 Å². The highest BCUT2D eigenvalue weighted by Crippen LogP contribution is 2.42. The Balaban J connectivity index is 1.48. The fourth-order valence-corrected chi connectivity index (χ4v) is 4.18. The van der Waals surface area contributed by atoms with Gasteiger partial charge in [-0.1, -0.05) is 12.2 Å². The number of methoxy groups -OCH3 is 2. The number of benzene rings is 1. The van der Waals surface area contributed by atoms with Gasteiger partial charge in [-0.3, -0.25) is 14.2 Å². The van der Waals surface area contributed by atoms with E-state index < -0.39 is 0 Å². The zero-order valence-corrected chi connectivity index (χ0v) is 15.5. The number of allylic oxidation sites excluding steroid dienone is 2. The molecule has 0 saturated heterocycles. The Labute approximate surface area is 157 Å². The molecule has 2 bridgehead atoms. The maximum absolute atomic E-state index is 12.7. The zero-order valence-electron chi connectivity index (χ0n) is 15.5. The lowest BCUT2D eigenvalue weighted by atomic mass is 9.94. The number of amides is 1. The van der Waals surface area contributed by atoms with Gasteiger partial charge in [0, 0.05) is 12.6 Å². The van der Waals surface area contributed by atoms with Crippen molar-refractivity contribution in [1.82, 2.24) is 14.9 Å². The smallest absolute Gasteiger partial charge is 0.261 e. The Morgan fingerprint density at radius 3 is 2.67 bits per heavy atom. The van der Waals surface area contributed by atoms with Crippen molar-refractivity contribution < 1.29 is 14.3 Å². The lowest BCUT2D eigenvalue weighted by molar-refractivity contribution is -0.121. The van der Waals surface area contributed by atoms with Crippen LogP contribution in [0.1, 0.15) is 12.8 Å². The summed E-state index contributed by atoms with van der Waals surface area (Å²) in [5, 5.41) is 3.36. The van der Waals surface area contributed by atoms with Gasteiger partial charge in [0.25, 0.3) is 5.56 Å². The Hall–Kier alpha value is -2.83. The lowest BCUT2D eigenvalue weighted by Crippen LogP contribution is -2.36. The highest BCUT2D eigenvalue weighted by Gasteiger charge is 2.35. The molecule has 0 radical (unpaired) electrons. The van der Waals surface area contributed by atoms with Gasteiger partial charge in [0.1, 0.15) is 6.54 Å². The quantitative estimate of drug-likeness (QED) is 0.785. The molecule has 2 aliphatic rings. The van der Waals surface area contributed by atoms with E-state index in [1.54, 1.807) is 12.1 Å². The van der Waals surface area contributed by atoms with Gasteiger partial charge in [-0.05, 0) is 36.7 Å². The number of carbonyl (C=O) groups is 1. The monoisotopic (exact) mass is 369 g/mol. The molecule has 1 aromatic carbocycles. The van der Waals surface area contributed by atoms with Gasteiger partial charge in [-0.15, -0.1) is 0 Å². The number of rotatable bonds is 6. The van der Waals surface area contributed by atoms with Crippen molar-refractivity contribution in [3.63, 3.8) is 0 Å². The van der Waals surface area contributed by atoms with Gasteiger partial charge in [0.15, 0.2) is 11.5 Å². The van der Waals surface area contributed by atoms with Crippen molar-refractivity contribution in [3.05, 3.63) is 41.0 Å². The van der Waals surface area contributed by atoms with Gasteiger partial charge in [0.2, 0.25) is 5.91 Å². The number of nitrogens with one attached hydrogen (secondary N) is 1. The molecule has 1 amide bonds. The van der Waals surface area contributed by atoms with Crippen LogP contribution in [0.5, 0.6) is 11.5 Å². The molecule has 1 aromatic heterocycles. The van der Waals surface area contributed by atoms with Crippen LogP contribution in [0.4, 0.5) is 0 Å². The van der Waals surface area contributed by atoms with Crippen molar-refractivity contribution in [2.45, 2.75) is 19.4 Å². The summed E-state index contributed by atoms with van der Waals surface area (Å²) in [5.74, 6) is 2.55. The summed E-state index contributed by atoms with van der Waals surface area (Å²) >= 11 is 0. The summed E-state index contributed by atoms with van der Waals surface area (Å²) in [4.78, 5) is 29.3. The molecule has 7 nitrogen and oxygen atoms in total. The summed E-state index contributed by atoms with van der Waals surface area (Å²) < 4.78 is 11.8. The number of fused-ring (bicyclic) bond motifs is 3. The first-order chi connectivity index (χ1) is 13.1. The third-order valence-corrected chi connectivity index (χ3v) is 5.62. The second-order valence-electron chi connectivity index (χ2n) is 7.25. The third-order valence-electron chi connectivity index (χ3n) is 5.62. The van der Waals surface area contributed by atoms with E-state index in [0.717, 1.165) is 6.42 Å². The van der Waals surface area contributed by atoms with E-state index in [2.05, 4.69) is 22.5 Å². The molecular weight excluding hydrogens is 346 g/mol.